The van der Waals surface area contributed by atoms with Crippen LogP contribution in [0.3, 0.4) is 0 Å². The van der Waals surface area contributed by atoms with E-state index in [0.717, 1.165) is 30.6 Å². The molecule has 0 spiro atoms. The van der Waals surface area contributed by atoms with Gasteiger partial charge in [-0.2, -0.15) is 0 Å². The van der Waals surface area contributed by atoms with Crippen molar-refractivity contribution >= 4 is 51.9 Å². The molecule has 0 radical (unpaired) electrons. The zero-order chi connectivity index (χ0) is 23.8. The fourth-order valence-corrected chi connectivity index (χ4v) is 6.17. The Morgan fingerprint density at radius 3 is 2.61 bits per heavy atom. The number of fused-ring (bicyclic) bond motifs is 1. The molecule has 4 nitrogen and oxygen atoms in total. The fourth-order valence-electron chi connectivity index (χ4n) is 4.90. The maximum atomic E-state index is 13.1. The summed E-state index contributed by atoms with van der Waals surface area (Å²) in [5.74, 6) is 0.402. The molecule has 2 aliphatic heterocycles. The maximum Gasteiger partial charge on any atom is 0.266 e. The van der Waals surface area contributed by atoms with E-state index in [2.05, 4.69) is 44.7 Å². The molecule has 174 valence electrons. The van der Waals surface area contributed by atoms with Gasteiger partial charge in [0.1, 0.15) is 0 Å². The van der Waals surface area contributed by atoms with Crippen LogP contribution < -0.4 is 4.90 Å². The van der Waals surface area contributed by atoms with Crippen LogP contribution in [-0.4, -0.2) is 34.6 Å². The Labute approximate surface area is 206 Å². The quantitative estimate of drug-likeness (QED) is 0.415. The van der Waals surface area contributed by atoms with Crippen LogP contribution in [0.2, 0.25) is 5.02 Å². The maximum absolute atomic E-state index is 13.1. The molecule has 0 N–H and O–H groups in total. The van der Waals surface area contributed by atoms with Crippen molar-refractivity contribution in [2.24, 2.45) is 4.99 Å². The monoisotopic (exact) mass is 481 g/mol. The predicted molar refractivity (Wildman–Crippen MR) is 143 cm³/mol. The molecular formula is C27H32ClN3OS. The van der Waals surface area contributed by atoms with Crippen LogP contribution in [-0.2, 0) is 4.79 Å². The number of anilines is 1. The summed E-state index contributed by atoms with van der Waals surface area (Å²) in [4.78, 5) is 22.7. The van der Waals surface area contributed by atoms with Gasteiger partial charge in [-0.05, 0) is 92.8 Å². The van der Waals surface area contributed by atoms with E-state index in [1.165, 1.54) is 23.0 Å². The fraction of sp³-hybridized carbons (Fsp3) is 0.407. The lowest BCUT2D eigenvalue weighted by Gasteiger charge is -2.47. The molecule has 0 aliphatic carbocycles. The largest absolute Gasteiger partial charge is 0.366 e. The average molecular weight is 482 g/mol. The minimum absolute atomic E-state index is 0.0206. The lowest BCUT2D eigenvalue weighted by molar-refractivity contribution is -0.122. The second-order valence-corrected chi connectivity index (χ2v) is 10.8. The van der Waals surface area contributed by atoms with Crippen LogP contribution in [0.5, 0.6) is 0 Å². The number of para-hydroxylation sites is 1. The standard InChI is InChI=1S/C27H32ClN3OS/c1-6-13-31-23-16-22(28)19(14-21(23)18(3)17-27(31,4)5)15-24-25(32)30(7-2)26(33-24)29-20-11-9-8-10-12-20/h8-12,14-16,18H,6-7,13,17H2,1-5H3/b24-15+,29-26?. The van der Waals surface area contributed by atoms with E-state index in [1.807, 2.05) is 43.3 Å². The van der Waals surface area contributed by atoms with Gasteiger partial charge in [0.05, 0.1) is 10.6 Å². The van der Waals surface area contributed by atoms with E-state index in [1.54, 1.807) is 4.90 Å². The van der Waals surface area contributed by atoms with E-state index in [0.29, 0.717) is 27.6 Å². The Balaban J connectivity index is 1.72. The zero-order valence-electron chi connectivity index (χ0n) is 20.1. The van der Waals surface area contributed by atoms with Gasteiger partial charge in [-0.25, -0.2) is 4.99 Å². The number of aliphatic imine (C=N–C) groups is 1. The molecule has 2 aliphatic rings. The van der Waals surface area contributed by atoms with Crippen molar-refractivity contribution in [1.29, 1.82) is 0 Å². The van der Waals surface area contributed by atoms with Crippen molar-refractivity contribution < 1.29 is 4.79 Å². The molecule has 0 aromatic heterocycles. The Morgan fingerprint density at radius 2 is 1.94 bits per heavy atom. The second-order valence-electron chi connectivity index (χ2n) is 9.39. The third kappa shape index (κ3) is 4.71. The molecule has 2 aromatic carbocycles. The first-order valence-corrected chi connectivity index (χ1v) is 12.9. The molecule has 6 heteroatoms. The summed E-state index contributed by atoms with van der Waals surface area (Å²) in [5.41, 5.74) is 4.35. The van der Waals surface area contributed by atoms with Gasteiger partial charge in [-0.3, -0.25) is 9.69 Å². The summed E-state index contributed by atoms with van der Waals surface area (Å²) in [7, 11) is 0. The summed E-state index contributed by atoms with van der Waals surface area (Å²) in [6.45, 7) is 12.7. The van der Waals surface area contributed by atoms with Crippen molar-refractivity contribution in [1.82, 2.24) is 4.90 Å². The lowest BCUT2D eigenvalue weighted by Crippen LogP contribution is -2.48. The van der Waals surface area contributed by atoms with Gasteiger partial charge in [-0.15, -0.1) is 0 Å². The van der Waals surface area contributed by atoms with E-state index in [4.69, 9.17) is 16.6 Å². The molecular weight excluding hydrogens is 450 g/mol. The third-order valence-corrected chi connectivity index (χ3v) is 7.76. The summed E-state index contributed by atoms with van der Waals surface area (Å²) in [5, 5.41) is 1.38. The first kappa shape index (κ1) is 23.9. The first-order chi connectivity index (χ1) is 15.7. The molecule has 1 amide bonds. The van der Waals surface area contributed by atoms with Gasteiger partial charge in [0.25, 0.3) is 5.91 Å². The molecule has 0 saturated carbocycles. The normalized spacial score (nSPS) is 22.4. The number of amides is 1. The number of amidine groups is 1. The van der Waals surface area contributed by atoms with Crippen molar-refractivity contribution in [2.45, 2.75) is 58.9 Å². The molecule has 2 heterocycles. The number of hydrogen-bond donors (Lipinski definition) is 0. The van der Waals surface area contributed by atoms with E-state index in [9.17, 15) is 4.79 Å². The van der Waals surface area contributed by atoms with Crippen molar-refractivity contribution in [3.63, 3.8) is 0 Å². The molecule has 1 atom stereocenters. The average Bonchev–Trinajstić information content (AvgIpc) is 3.06. The van der Waals surface area contributed by atoms with Crippen LogP contribution in [0.15, 0.2) is 52.4 Å². The van der Waals surface area contributed by atoms with Crippen molar-refractivity contribution in [2.75, 3.05) is 18.0 Å². The molecule has 33 heavy (non-hydrogen) atoms. The Kier molecular flexibility index (Phi) is 6.92. The van der Waals surface area contributed by atoms with Gasteiger partial charge >= 0.3 is 0 Å². The highest BCUT2D eigenvalue weighted by molar-refractivity contribution is 8.18. The highest BCUT2D eigenvalue weighted by atomic mass is 35.5. The Morgan fingerprint density at radius 1 is 1.21 bits per heavy atom. The number of carbonyl (C=O) groups excluding carboxylic acids is 1. The number of nitrogens with zero attached hydrogens (tertiary/aromatic N) is 3. The number of likely N-dealkylation sites (N-methyl/N-ethyl adjacent to an activating group) is 1. The van der Waals surface area contributed by atoms with Gasteiger partial charge in [0.2, 0.25) is 0 Å². The summed E-state index contributed by atoms with van der Waals surface area (Å²) in [6, 6.07) is 14.0. The number of rotatable bonds is 5. The second kappa shape index (κ2) is 9.55. The number of benzene rings is 2. The van der Waals surface area contributed by atoms with Crippen LogP contribution in [0.25, 0.3) is 6.08 Å². The Hall–Kier alpha value is -2.24. The zero-order valence-corrected chi connectivity index (χ0v) is 21.6. The van der Waals surface area contributed by atoms with E-state index < -0.39 is 0 Å². The van der Waals surface area contributed by atoms with Crippen LogP contribution in [0, 0.1) is 0 Å². The summed E-state index contributed by atoms with van der Waals surface area (Å²) >= 11 is 8.21. The van der Waals surface area contributed by atoms with Crippen molar-refractivity contribution in [3.8, 4) is 0 Å². The number of carbonyl (C=O) groups is 1. The van der Waals surface area contributed by atoms with Gasteiger partial charge in [0.15, 0.2) is 5.17 Å². The highest BCUT2D eigenvalue weighted by Crippen LogP contribution is 2.46. The smallest absolute Gasteiger partial charge is 0.266 e. The third-order valence-electron chi connectivity index (χ3n) is 6.42. The number of hydrogen-bond acceptors (Lipinski definition) is 4. The van der Waals surface area contributed by atoms with Gasteiger partial charge in [0, 0.05) is 29.3 Å². The molecule has 0 bridgehead atoms. The number of thioether (sulfide) groups is 1. The predicted octanol–water partition coefficient (Wildman–Crippen LogP) is 7.47. The first-order valence-electron chi connectivity index (χ1n) is 11.7. The van der Waals surface area contributed by atoms with E-state index >= 15 is 0 Å². The molecule has 1 unspecified atom stereocenters. The van der Waals surface area contributed by atoms with Crippen LogP contribution in [0.1, 0.15) is 64.5 Å². The summed E-state index contributed by atoms with van der Waals surface area (Å²) in [6.07, 6.45) is 4.10. The SMILES string of the molecule is CCCN1c2cc(Cl)c(/C=C3/SC(=Nc4ccccc4)N(CC)C3=O)cc2C(C)CC1(C)C. The molecule has 4 rings (SSSR count). The minimum atomic E-state index is -0.0206. The molecule has 1 saturated heterocycles. The van der Waals surface area contributed by atoms with Gasteiger partial charge < -0.3 is 4.90 Å². The number of halogens is 1. The van der Waals surface area contributed by atoms with Gasteiger partial charge in [-0.1, -0.05) is 43.6 Å². The van der Waals surface area contributed by atoms with Crippen molar-refractivity contribution in [3.05, 3.63) is 63.5 Å². The van der Waals surface area contributed by atoms with E-state index in [-0.39, 0.29) is 11.4 Å². The topological polar surface area (TPSA) is 35.9 Å². The lowest BCUT2D eigenvalue weighted by atomic mass is 9.79. The van der Waals surface area contributed by atoms with Crippen LogP contribution >= 0.6 is 23.4 Å². The highest BCUT2D eigenvalue weighted by Gasteiger charge is 2.37. The molecule has 1 fully saturated rings. The Bertz CT molecular complexity index is 1110. The summed E-state index contributed by atoms with van der Waals surface area (Å²) < 4.78 is 0. The minimum Gasteiger partial charge on any atom is -0.366 e. The molecule has 2 aromatic rings. The van der Waals surface area contributed by atoms with Crippen LogP contribution in [0.4, 0.5) is 11.4 Å².